The van der Waals surface area contributed by atoms with Crippen molar-refractivity contribution in [2.24, 2.45) is 0 Å². The average molecular weight is 291 g/mol. The van der Waals surface area contributed by atoms with Gasteiger partial charge in [-0.05, 0) is 43.4 Å². The zero-order valence-electron chi connectivity index (χ0n) is 13.8. The zero-order valence-corrected chi connectivity index (χ0v) is 13.8. The van der Waals surface area contributed by atoms with Gasteiger partial charge in [0.1, 0.15) is 0 Å². The zero-order chi connectivity index (χ0) is 15.5. The van der Waals surface area contributed by atoms with E-state index in [0.717, 1.165) is 31.5 Å². The molecule has 3 heteroatoms. The Morgan fingerprint density at radius 2 is 1.86 bits per heavy atom. The molecule has 0 amide bonds. The molecule has 0 aromatic heterocycles. The van der Waals surface area contributed by atoms with E-state index in [1.165, 1.54) is 5.56 Å². The molecule has 0 spiro atoms. The van der Waals surface area contributed by atoms with E-state index in [9.17, 15) is 5.11 Å². The third-order valence-electron chi connectivity index (χ3n) is 4.65. The number of aliphatic hydroxyl groups excluding tert-OH is 1. The minimum Gasteiger partial charge on any atom is -0.387 e. The van der Waals surface area contributed by atoms with Crippen LogP contribution in [0.5, 0.6) is 0 Å². The van der Waals surface area contributed by atoms with E-state index in [4.69, 9.17) is 4.74 Å². The molecular formula is C18H29NO2. The van der Waals surface area contributed by atoms with Gasteiger partial charge in [0, 0.05) is 20.2 Å². The van der Waals surface area contributed by atoms with Crippen LogP contribution >= 0.6 is 0 Å². The lowest BCUT2D eigenvalue weighted by Crippen LogP contribution is -2.48. The molecule has 0 radical (unpaired) electrons. The van der Waals surface area contributed by atoms with E-state index in [2.05, 4.69) is 49.9 Å². The predicted molar refractivity (Wildman–Crippen MR) is 86.6 cm³/mol. The molecule has 3 nitrogen and oxygen atoms in total. The van der Waals surface area contributed by atoms with Crippen LogP contribution in [0.4, 0.5) is 0 Å². The topological polar surface area (TPSA) is 32.7 Å². The molecule has 0 aliphatic carbocycles. The van der Waals surface area contributed by atoms with Gasteiger partial charge in [0.05, 0.1) is 11.7 Å². The number of methoxy groups -OCH3 is 1. The van der Waals surface area contributed by atoms with E-state index in [1.807, 2.05) is 0 Å². The van der Waals surface area contributed by atoms with Gasteiger partial charge in [-0.2, -0.15) is 0 Å². The molecule has 2 rings (SSSR count). The second-order valence-electron chi connectivity index (χ2n) is 6.83. The Labute approximate surface area is 128 Å². The minimum absolute atomic E-state index is 0.0700. The summed E-state index contributed by atoms with van der Waals surface area (Å²) >= 11 is 0. The smallest absolute Gasteiger partial charge is 0.0916 e. The van der Waals surface area contributed by atoms with Crippen LogP contribution in [0.25, 0.3) is 0 Å². The lowest BCUT2D eigenvalue weighted by molar-refractivity contribution is -0.0586. The van der Waals surface area contributed by atoms with Crippen LogP contribution in [0.1, 0.15) is 56.8 Å². The summed E-state index contributed by atoms with van der Waals surface area (Å²) in [6.45, 7) is 9.14. The largest absolute Gasteiger partial charge is 0.387 e. The number of benzene rings is 1. The van der Waals surface area contributed by atoms with Crippen LogP contribution in [0.3, 0.4) is 0 Å². The summed E-state index contributed by atoms with van der Waals surface area (Å²) in [5, 5.41) is 10.5. The standard InChI is InChI=1S/C18H29NO2/c1-14(2)15-6-8-16(9-7-15)17(20)12-19-11-5-10-18(3,13-19)21-4/h6-9,14,17,20H,5,10-13H2,1-4H3. The van der Waals surface area contributed by atoms with Crippen molar-refractivity contribution >= 4 is 0 Å². The number of rotatable bonds is 5. The van der Waals surface area contributed by atoms with Crippen molar-refractivity contribution in [3.63, 3.8) is 0 Å². The first-order valence-corrected chi connectivity index (χ1v) is 7.99. The van der Waals surface area contributed by atoms with Crippen molar-refractivity contribution in [2.45, 2.75) is 51.2 Å². The molecule has 1 aromatic carbocycles. The number of hydrogen-bond donors (Lipinski definition) is 1. The molecule has 1 aliphatic heterocycles. The third-order valence-corrected chi connectivity index (χ3v) is 4.65. The number of nitrogens with zero attached hydrogens (tertiary/aromatic N) is 1. The van der Waals surface area contributed by atoms with Crippen LogP contribution in [-0.4, -0.2) is 42.4 Å². The third kappa shape index (κ3) is 4.29. The molecule has 1 aromatic rings. The molecule has 1 fully saturated rings. The van der Waals surface area contributed by atoms with Gasteiger partial charge in [-0.1, -0.05) is 38.1 Å². The normalized spacial score (nSPS) is 25.2. The van der Waals surface area contributed by atoms with E-state index < -0.39 is 6.10 Å². The van der Waals surface area contributed by atoms with Gasteiger partial charge in [-0.25, -0.2) is 0 Å². The van der Waals surface area contributed by atoms with Crippen LogP contribution in [0.2, 0.25) is 0 Å². The molecule has 2 unspecified atom stereocenters. The molecule has 1 aliphatic rings. The molecule has 0 bridgehead atoms. The molecule has 1 N–H and O–H groups in total. The van der Waals surface area contributed by atoms with Crippen molar-refractivity contribution in [1.82, 2.24) is 4.90 Å². The Morgan fingerprint density at radius 3 is 2.43 bits per heavy atom. The van der Waals surface area contributed by atoms with Crippen molar-refractivity contribution in [1.29, 1.82) is 0 Å². The molecule has 118 valence electrons. The lowest BCUT2D eigenvalue weighted by atomic mass is 9.94. The summed E-state index contributed by atoms with van der Waals surface area (Å²) in [5.74, 6) is 0.528. The highest BCUT2D eigenvalue weighted by Gasteiger charge is 2.31. The SMILES string of the molecule is COC1(C)CCCN(CC(O)c2ccc(C(C)C)cc2)C1. The second-order valence-corrected chi connectivity index (χ2v) is 6.83. The quantitative estimate of drug-likeness (QED) is 0.903. The van der Waals surface area contributed by atoms with E-state index >= 15 is 0 Å². The van der Waals surface area contributed by atoms with Crippen molar-refractivity contribution < 1.29 is 9.84 Å². The van der Waals surface area contributed by atoms with Gasteiger partial charge in [-0.15, -0.1) is 0 Å². The second kappa shape index (κ2) is 6.91. The Hall–Kier alpha value is -0.900. The summed E-state index contributed by atoms with van der Waals surface area (Å²) < 4.78 is 5.61. The van der Waals surface area contributed by atoms with Crippen molar-refractivity contribution in [3.8, 4) is 0 Å². The van der Waals surface area contributed by atoms with Gasteiger partial charge in [0.15, 0.2) is 0 Å². The Balaban J connectivity index is 1.96. The van der Waals surface area contributed by atoms with Crippen LogP contribution in [0, 0.1) is 0 Å². The maximum absolute atomic E-state index is 10.5. The molecule has 1 heterocycles. The highest BCUT2D eigenvalue weighted by atomic mass is 16.5. The van der Waals surface area contributed by atoms with Gasteiger partial charge in [0.25, 0.3) is 0 Å². The summed E-state index contributed by atoms with van der Waals surface area (Å²) in [6, 6.07) is 8.36. The van der Waals surface area contributed by atoms with E-state index in [1.54, 1.807) is 7.11 Å². The lowest BCUT2D eigenvalue weighted by Gasteiger charge is -2.40. The minimum atomic E-state index is -0.426. The number of aliphatic hydroxyl groups is 1. The predicted octanol–water partition coefficient (Wildman–Crippen LogP) is 3.34. The summed E-state index contributed by atoms with van der Waals surface area (Å²) in [7, 11) is 1.78. The van der Waals surface area contributed by atoms with Crippen molar-refractivity contribution in [3.05, 3.63) is 35.4 Å². The van der Waals surface area contributed by atoms with Crippen molar-refractivity contribution in [2.75, 3.05) is 26.7 Å². The summed E-state index contributed by atoms with van der Waals surface area (Å²) in [5.41, 5.74) is 2.25. The number of likely N-dealkylation sites (tertiary alicyclic amines) is 1. The van der Waals surface area contributed by atoms with Gasteiger partial charge >= 0.3 is 0 Å². The number of hydrogen-bond acceptors (Lipinski definition) is 3. The number of β-amino-alcohol motifs (C(OH)–C–C–N with tert-alkyl or cyclic N) is 1. The molecule has 21 heavy (non-hydrogen) atoms. The van der Waals surface area contributed by atoms with Gasteiger partial charge in [-0.3, -0.25) is 4.90 Å². The van der Waals surface area contributed by atoms with E-state index in [0.29, 0.717) is 12.5 Å². The summed E-state index contributed by atoms with van der Waals surface area (Å²) in [6.07, 6.45) is 1.80. The molecule has 2 atom stereocenters. The van der Waals surface area contributed by atoms with E-state index in [-0.39, 0.29) is 5.60 Å². The molecule has 0 saturated carbocycles. The Morgan fingerprint density at radius 1 is 1.24 bits per heavy atom. The maximum Gasteiger partial charge on any atom is 0.0916 e. The van der Waals surface area contributed by atoms with Crippen LogP contribution in [-0.2, 0) is 4.74 Å². The maximum atomic E-state index is 10.5. The fourth-order valence-electron chi connectivity index (χ4n) is 3.08. The highest BCUT2D eigenvalue weighted by Crippen LogP contribution is 2.26. The molecular weight excluding hydrogens is 262 g/mol. The fraction of sp³-hybridized carbons (Fsp3) is 0.667. The first-order chi connectivity index (χ1) is 9.93. The van der Waals surface area contributed by atoms with Gasteiger partial charge < -0.3 is 9.84 Å². The summed E-state index contributed by atoms with van der Waals surface area (Å²) in [4.78, 5) is 2.31. The number of piperidine rings is 1. The number of ether oxygens (including phenoxy) is 1. The first kappa shape index (κ1) is 16.5. The monoisotopic (exact) mass is 291 g/mol. The molecule has 1 saturated heterocycles. The first-order valence-electron chi connectivity index (χ1n) is 7.99. The fourth-order valence-corrected chi connectivity index (χ4v) is 3.08. The Kier molecular flexibility index (Phi) is 5.42. The van der Waals surface area contributed by atoms with Crippen LogP contribution in [0.15, 0.2) is 24.3 Å². The Bertz CT molecular complexity index is 443. The van der Waals surface area contributed by atoms with Gasteiger partial charge in [0.2, 0.25) is 0 Å². The average Bonchev–Trinajstić information content (AvgIpc) is 2.47. The van der Waals surface area contributed by atoms with Crippen LogP contribution < -0.4 is 0 Å². The highest BCUT2D eigenvalue weighted by molar-refractivity contribution is 5.26.